The zero-order chi connectivity index (χ0) is 15.4. The summed E-state index contributed by atoms with van der Waals surface area (Å²) >= 11 is 3.46. The number of ether oxygens (including phenoxy) is 1. The van der Waals surface area contributed by atoms with Gasteiger partial charge >= 0.3 is 0 Å². The van der Waals surface area contributed by atoms with Gasteiger partial charge in [-0.15, -0.1) is 0 Å². The third-order valence-corrected chi connectivity index (χ3v) is 3.65. The number of aryl methyl sites for hydroxylation is 2. The molecule has 0 saturated carbocycles. The molecule has 114 valence electrons. The van der Waals surface area contributed by atoms with Gasteiger partial charge in [-0.3, -0.25) is 9.20 Å². The highest BCUT2D eigenvalue weighted by atomic mass is 79.9. The van der Waals surface area contributed by atoms with E-state index in [1.54, 1.807) is 0 Å². The second-order valence-electron chi connectivity index (χ2n) is 4.89. The lowest BCUT2D eigenvalue weighted by Gasteiger charge is -2.07. The Morgan fingerprint density at radius 1 is 1.48 bits per heavy atom. The van der Waals surface area contributed by atoms with Gasteiger partial charge < -0.3 is 10.1 Å². The molecule has 2 aromatic rings. The van der Waals surface area contributed by atoms with Crippen LogP contribution in [0.15, 0.2) is 16.7 Å². The number of amides is 1. The quantitative estimate of drug-likeness (QED) is 0.812. The van der Waals surface area contributed by atoms with Crippen molar-refractivity contribution in [1.82, 2.24) is 14.7 Å². The topological polar surface area (TPSA) is 55.6 Å². The standard InChI is InChI=1S/C15H20BrN3O2/c1-4-21-7-5-6-17-15(20)13-11(3)18-14-10(2)8-12(16)9-19(13)14/h8-9H,4-7H2,1-3H3,(H,17,20). The van der Waals surface area contributed by atoms with Crippen LogP contribution >= 0.6 is 15.9 Å². The monoisotopic (exact) mass is 353 g/mol. The molecule has 0 bridgehead atoms. The molecule has 2 rings (SSSR count). The number of hydrogen-bond acceptors (Lipinski definition) is 3. The Hall–Kier alpha value is -1.40. The molecule has 0 fully saturated rings. The predicted molar refractivity (Wildman–Crippen MR) is 85.8 cm³/mol. The van der Waals surface area contributed by atoms with E-state index in [0.717, 1.165) is 27.8 Å². The molecule has 2 aromatic heterocycles. The van der Waals surface area contributed by atoms with E-state index in [1.165, 1.54) is 0 Å². The van der Waals surface area contributed by atoms with Gasteiger partial charge in [0.1, 0.15) is 11.3 Å². The highest BCUT2D eigenvalue weighted by Gasteiger charge is 2.17. The molecule has 0 aliphatic carbocycles. The van der Waals surface area contributed by atoms with Crippen molar-refractivity contribution in [2.45, 2.75) is 27.2 Å². The maximum Gasteiger partial charge on any atom is 0.270 e. The Bertz CT molecular complexity index is 652. The molecule has 0 spiro atoms. The van der Waals surface area contributed by atoms with Gasteiger partial charge in [0.05, 0.1) is 5.69 Å². The van der Waals surface area contributed by atoms with Crippen LogP contribution in [0.2, 0.25) is 0 Å². The van der Waals surface area contributed by atoms with Gasteiger partial charge in [0.25, 0.3) is 5.91 Å². The van der Waals surface area contributed by atoms with E-state index in [-0.39, 0.29) is 5.91 Å². The van der Waals surface area contributed by atoms with Crippen LogP contribution in [-0.2, 0) is 4.74 Å². The smallest absolute Gasteiger partial charge is 0.270 e. The second kappa shape index (κ2) is 7.04. The van der Waals surface area contributed by atoms with Crippen molar-refractivity contribution in [3.63, 3.8) is 0 Å². The van der Waals surface area contributed by atoms with Crippen LogP contribution in [0.4, 0.5) is 0 Å². The first-order valence-corrected chi connectivity index (χ1v) is 7.84. The van der Waals surface area contributed by atoms with Crippen LogP contribution in [0, 0.1) is 13.8 Å². The lowest BCUT2D eigenvalue weighted by atomic mass is 10.3. The molecule has 0 radical (unpaired) electrons. The van der Waals surface area contributed by atoms with Gasteiger partial charge in [-0.1, -0.05) is 0 Å². The van der Waals surface area contributed by atoms with E-state index >= 15 is 0 Å². The van der Waals surface area contributed by atoms with E-state index < -0.39 is 0 Å². The molecule has 0 atom stereocenters. The van der Waals surface area contributed by atoms with Gasteiger partial charge in [-0.25, -0.2) is 4.98 Å². The molecule has 0 aromatic carbocycles. The molecule has 1 N–H and O–H groups in total. The number of hydrogen-bond donors (Lipinski definition) is 1. The molecule has 21 heavy (non-hydrogen) atoms. The lowest BCUT2D eigenvalue weighted by Crippen LogP contribution is -2.27. The average molecular weight is 354 g/mol. The number of pyridine rings is 1. The third kappa shape index (κ3) is 3.63. The highest BCUT2D eigenvalue weighted by molar-refractivity contribution is 9.10. The number of aromatic nitrogens is 2. The molecule has 5 nitrogen and oxygen atoms in total. The summed E-state index contributed by atoms with van der Waals surface area (Å²) in [5.41, 5.74) is 3.17. The van der Waals surface area contributed by atoms with E-state index in [2.05, 4.69) is 26.2 Å². The number of nitrogens with one attached hydrogen (secondary N) is 1. The number of imidazole rings is 1. The first-order valence-electron chi connectivity index (χ1n) is 7.05. The summed E-state index contributed by atoms with van der Waals surface area (Å²) in [4.78, 5) is 16.9. The van der Waals surface area contributed by atoms with Crippen LogP contribution < -0.4 is 5.32 Å². The van der Waals surface area contributed by atoms with E-state index in [1.807, 2.05) is 37.4 Å². The van der Waals surface area contributed by atoms with Crippen LogP contribution in [0.1, 0.15) is 35.1 Å². The van der Waals surface area contributed by atoms with Crippen molar-refractivity contribution in [2.24, 2.45) is 0 Å². The fourth-order valence-corrected chi connectivity index (χ4v) is 2.81. The van der Waals surface area contributed by atoms with Crippen molar-refractivity contribution in [1.29, 1.82) is 0 Å². The minimum atomic E-state index is -0.103. The molecular weight excluding hydrogens is 334 g/mol. The molecule has 2 heterocycles. The maximum atomic E-state index is 12.4. The fourth-order valence-electron chi connectivity index (χ4n) is 2.26. The summed E-state index contributed by atoms with van der Waals surface area (Å²) in [6, 6.07) is 1.99. The Morgan fingerprint density at radius 3 is 2.95 bits per heavy atom. The molecule has 6 heteroatoms. The molecule has 0 aliphatic rings. The number of nitrogens with zero attached hydrogens (tertiary/aromatic N) is 2. The molecule has 0 unspecified atom stereocenters. The molecule has 0 saturated heterocycles. The third-order valence-electron chi connectivity index (χ3n) is 3.22. The fraction of sp³-hybridized carbons (Fsp3) is 0.467. The molecular formula is C15H20BrN3O2. The zero-order valence-corrected chi connectivity index (χ0v) is 14.2. The zero-order valence-electron chi connectivity index (χ0n) is 12.6. The van der Waals surface area contributed by atoms with Crippen molar-refractivity contribution in [3.8, 4) is 0 Å². The number of fused-ring (bicyclic) bond motifs is 1. The second-order valence-corrected chi connectivity index (χ2v) is 5.80. The Morgan fingerprint density at radius 2 is 2.24 bits per heavy atom. The first-order chi connectivity index (χ1) is 10.0. The average Bonchev–Trinajstić information content (AvgIpc) is 2.75. The van der Waals surface area contributed by atoms with Gasteiger partial charge in [0, 0.05) is 30.4 Å². The minimum absolute atomic E-state index is 0.103. The van der Waals surface area contributed by atoms with Gasteiger partial charge in [0.15, 0.2) is 0 Å². The number of rotatable bonds is 6. The SMILES string of the molecule is CCOCCCNC(=O)c1c(C)nc2c(C)cc(Br)cn12. The summed E-state index contributed by atoms with van der Waals surface area (Å²) in [5, 5.41) is 2.92. The van der Waals surface area contributed by atoms with Crippen molar-refractivity contribution in [2.75, 3.05) is 19.8 Å². The predicted octanol–water partition coefficient (Wildman–Crippen LogP) is 2.87. The lowest BCUT2D eigenvalue weighted by molar-refractivity contribution is 0.0938. The maximum absolute atomic E-state index is 12.4. The van der Waals surface area contributed by atoms with Crippen LogP contribution in [0.3, 0.4) is 0 Å². The number of carbonyl (C=O) groups is 1. The summed E-state index contributed by atoms with van der Waals surface area (Å²) in [6.07, 6.45) is 2.68. The molecule has 0 aliphatic heterocycles. The summed E-state index contributed by atoms with van der Waals surface area (Å²) in [7, 11) is 0. The number of halogens is 1. The van der Waals surface area contributed by atoms with E-state index in [0.29, 0.717) is 25.5 Å². The summed E-state index contributed by atoms with van der Waals surface area (Å²) in [6.45, 7) is 7.76. The van der Waals surface area contributed by atoms with Crippen molar-refractivity contribution >= 4 is 27.5 Å². The highest BCUT2D eigenvalue weighted by Crippen LogP contribution is 2.20. The summed E-state index contributed by atoms with van der Waals surface area (Å²) < 4.78 is 8.02. The Balaban J connectivity index is 2.17. The van der Waals surface area contributed by atoms with Crippen LogP contribution in [0.25, 0.3) is 5.65 Å². The van der Waals surface area contributed by atoms with Crippen LogP contribution in [-0.4, -0.2) is 35.1 Å². The largest absolute Gasteiger partial charge is 0.382 e. The normalized spacial score (nSPS) is 11.0. The van der Waals surface area contributed by atoms with Crippen molar-refractivity contribution < 1.29 is 9.53 Å². The summed E-state index contributed by atoms with van der Waals surface area (Å²) in [5.74, 6) is -0.103. The van der Waals surface area contributed by atoms with E-state index in [4.69, 9.17) is 4.74 Å². The van der Waals surface area contributed by atoms with Gasteiger partial charge in [-0.2, -0.15) is 0 Å². The van der Waals surface area contributed by atoms with Crippen LogP contribution in [0.5, 0.6) is 0 Å². The van der Waals surface area contributed by atoms with Gasteiger partial charge in [-0.05, 0) is 54.8 Å². The van der Waals surface area contributed by atoms with Crippen molar-refractivity contribution in [3.05, 3.63) is 33.7 Å². The Kier molecular flexibility index (Phi) is 5.36. The Labute approximate surface area is 132 Å². The first kappa shape index (κ1) is 16.0. The van der Waals surface area contributed by atoms with Gasteiger partial charge in [0.2, 0.25) is 0 Å². The van der Waals surface area contributed by atoms with E-state index in [9.17, 15) is 4.79 Å². The number of carbonyl (C=O) groups excluding carboxylic acids is 1. The molecule has 1 amide bonds. The minimum Gasteiger partial charge on any atom is -0.382 e.